The zero-order valence-electron chi connectivity index (χ0n) is 7.72. The number of halogens is 1. The Labute approximate surface area is 99.1 Å². The molecule has 0 fully saturated rings. The van der Waals surface area contributed by atoms with Crippen molar-refractivity contribution in [1.29, 1.82) is 0 Å². The average molecular weight is 257 g/mol. The van der Waals surface area contributed by atoms with Crippen LogP contribution in [0.15, 0.2) is 28.6 Å². The molecular weight excluding hydrogens is 252 g/mol. The molecule has 0 aromatic carbocycles. The Balaban J connectivity index is 2.31. The van der Waals surface area contributed by atoms with Crippen LogP contribution in [0.25, 0.3) is 0 Å². The zero-order chi connectivity index (χ0) is 11.5. The molecule has 2 aromatic heterocycles. The lowest BCUT2D eigenvalue weighted by Gasteiger charge is -2.00. The van der Waals surface area contributed by atoms with Crippen LogP contribution in [0.1, 0.15) is 10.4 Å². The van der Waals surface area contributed by atoms with E-state index < -0.39 is 5.97 Å². The molecular formula is C8H5ClN4O2S. The number of aromatic carboxylic acids is 1. The molecule has 2 heterocycles. The minimum atomic E-state index is -1.05. The number of aromatic amines is 1. The first-order valence-electron chi connectivity index (χ1n) is 4.09. The van der Waals surface area contributed by atoms with Crippen molar-refractivity contribution < 1.29 is 9.90 Å². The monoisotopic (exact) mass is 256 g/mol. The summed E-state index contributed by atoms with van der Waals surface area (Å²) in [6.45, 7) is 0. The molecule has 0 aliphatic heterocycles. The lowest BCUT2D eigenvalue weighted by molar-refractivity contribution is 0.0696. The number of carbonyl (C=O) groups is 1. The van der Waals surface area contributed by atoms with Gasteiger partial charge in [-0.15, -0.1) is 0 Å². The van der Waals surface area contributed by atoms with E-state index in [0.29, 0.717) is 10.2 Å². The largest absolute Gasteiger partial charge is 0.478 e. The van der Waals surface area contributed by atoms with Gasteiger partial charge < -0.3 is 5.11 Å². The smallest absolute Gasteiger partial charge is 0.335 e. The summed E-state index contributed by atoms with van der Waals surface area (Å²) in [7, 11) is 0. The fourth-order valence-corrected chi connectivity index (χ4v) is 1.98. The number of H-pyrrole nitrogens is 1. The number of hydrogen-bond acceptors (Lipinski definition) is 5. The van der Waals surface area contributed by atoms with Gasteiger partial charge in [0.05, 0.1) is 5.56 Å². The Morgan fingerprint density at radius 2 is 2.31 bits per heavy atom. The number of pyridine rings is 1. The van der Waals surface area contributed by atoms with Gasteiger partial charge in [0.1, 0.15) is 16.5 Å². The van der Waals surface area contributed by atoms with Crippen LogP contribution in [-0.4, -0.2) is 31.2 Å². The maximum Gasteiger partial charge on any atom is 0.335 e. The van der Waals surface area contributed by atoms with E-state index in [9.17, 15) is 4.79 Å². The number of nitrogens with zero attached hydrogens (tertiary/aromatic N) is 3. The number of carboxylic acid groups (broad SMARTS) is 1. The van der Waals surface area contributed by atoms with Crippen LogP contribution in [0.3, 0.4) is 0 Å². The Morgan fingerprint density at radius 1 is 1.50 bits per heavy atom. The molecule has 2 aromatic rings. The Morgan fingerprint density at radius 3 is 2.94 bits per heavy atom. The summed E-state index contributed by atoms with van der Waals surface area (Å²) in [6, 6.07) is 2.70. The fourth-order valence-electron chi connectivity index (χ4n) is 0.991. The van der Waals surface area contributed by atoms with Gasteiger partial charge in [-0.3, -0.25) is 5.10 Å². The molecule has 0 aliphatic carbocycles. The summed E-state index contributed by atoms with van der Waals surface area (Å²) in [5, 5.41) is 16.2. The highest BCUT2D eigenvalue weighted by Gasteiger charge is 2.09. The van der Waals surface area contributed by atoms with Crippen LogP contribution in [0.2, 0.25) is 5.15 Å². The lowest BCUT2D eigenvalue weighted by atomic mass is 10.3. The predicted octanol–water partition coefficient (Wildman–Crippen LogP) is 1.70. The van der Waals surface area contributed by atoms with E-state index in [4.69, 9.17) is 16.7 Å². The zero-order valence-corrected chi connectivity index (χ0v) is 9.29. The van der Waals surface area contributed by atoms with Gasteiger partial charge in [-0.2, -0.15) is 5.10 Å². The van der Waals surface area contributed by atoms with Gasteiger partial charge >= 0.3 is 5.97 Å². The Kier molecular flexibility index (Phi) is 3.07. The average Bonchev–Trinajstić information content (AvgIpc) is 2.69. The maximum atomic E-state index is 10.8. The highest BCUT2D eigenvalue weighted by atomic mass is 35.5. The van der Waals surface area contributed by atoms with Crippen LogP contribution in [0, 0.1) is 0 Å². The number of nitrogens with one attached hydrogen (secondary N) is 1. The highest BCUT2D eigenvalue weighted by Crippen LogP contribution is 2.24. The molecule has 2 N–H and O–H groups in total. The second kappa shape index (κ2) is 4.50. The molecule has 0 radical (unpaired) electrons. The molecule has 0 unspecified atom stereocenters. The third kappa shape index (κ3) is 2.50. The van der Waals surface area contributed by atoms with Crippen LogP contribution in [-0.2, 0) is 0 Å². The molecule has 16 heavy (non-hydrogen) atoms. The van der Waals surface area contributed by atoms with Crippen molar-refractivity contribution in [3.8, 4) is 0 Å². The van der Waals surface area contributed by atoms with Crippen molar-refractivity contribution in [1.82, 2.24) is 20.2 Å². The first-order valence-corrected chi connectivity index (χ1v) is 5.28. The number of carboxylic acids is 1. The van der Waals surface area contributed by atoms with Crippen molar-refractivity contribution >= 4 is 29.3 Å². The molecule has 0 saturated carbocycles. The first-order chi connectivity index (χ1) is 7.65. The Bertz CT molecular complexity index is 517. The minimum absolute atomic E-state index is 0.0852. The van der Waals surface area contributed by atoms with E-state index in [-0.39, 0.29) is 10.7 Å². The summed E-state index contributed by atoms with van der Waals surface area (Å²) in [5.74, 6) is -1.05. The van der Waals surface area contributed by atoms with Gasteiger partial charge in [-0.25, -0.2) is 14.8 Å². The minimum Gasteiger partial charge on any atom is -0.478 e. The lowest BCUT2D eigenvalue weighted by Crippen LogP contribution is -1.97. The molecule has 8 heteroatoms. The molecule has 0 aliphatic rings. The molecule has 2 rings (SSSR count). The second-order valence-corrected chi connectivity index (χ2v) is 4.11. The highest BCUT2D eigenvalue weighted by molar-refractivity contribution is 7.99. The summed E-state index contributed by atoms with van der Waals surface area (Å²) in [6.07, 6.45) is 1.35. The van der Waals surface area contributed by atoms with Crippen molar-refractivity contribution in [2.75, 3.05) is 0 Å². The summed E-state index contributed by atoms with van der Waals surface area (Å²) in [5.41, 5.74) is 0.0852. The molecule has 0 amide bonds. The topological polar surface area (TPSA) is 91.8 Å². The van der Waals surface area contributed by atoms with E-state index >= 15 is 0 Å². The standard InChI is InChI=1S/C8H5ClN4O2S/c9-5-1-4(7(14)15)2-6(12-5)16-8-10-3-11-13-8/h1-3H,(H,14,15)(H,10,11,13). The number of hydrogen-bond donors (Lipinski definition) is 2. The van der Waals surface area contributed by atoms with Crippen molar-refractivity contribution in [2.24, 2.45) is 0 Å². The third-order valence-corrected chi connectivity index (χ3v) is 2.61. The van der Waals surface area contributed by atoms with Crippen LogP contribution >= 0.6 is 23.4 Å². The fraction of sp³-hybridized carbons (Fsp3) is 0. The number of aromatic nitrogens is 4. The molecule has 82 valence electrons. The van der Waals surface area contributed by atoms with Gasteiger partial charge in [0.15, 0.2) is 5.16 Å². The van der Waals surface area contributed by atoms with E-state index in [1.165, 1.54) is 18.5 Å². The summed E-state index contributed by atoms with van der Waals surface area (Å²) in [4.78, 5) is 18.6. The summed E-state index contributed by atoms with van der Waals surface area (Å²) >= 11 is 6.85. The molecule has 6 nitrogen and oxygen atoms in total. The quantitative estimate of drug-likeness (QED) is 0.812. The van der Waals surface area contributed by atoms with Crippen LogP contribution in [0.5, 0.6) is 0 Å². The molecule has 0 bridgehead atoms. The van der Waals surface area contributed by atoms with Crippen molar-refractivity contribution in [3.05, 3.63) is 29.2 Å². The maximum absolute atomic E-state index is 10.8. The predicted molar refractivity (Wildman–Crippen MR) is 56.7 cm³/mol. The van der Waals surface area contributed by atoms with Gasteiger partial charge in [-0.1, -0.05) is 11.6 Å². The van der Waals surface area contributed by atoms with Crippen molar-refractivity contribution in [2.45, 2.75) is 10.2 Å². The summed E-state index contributed by atoms with van der Waals surface area (Å²) < 4.78 is 0. The van der Waals surface area contributed by atoms with E-state index in [2.05, 4.69) is 20.2 Å². The normalized spacial score (nSPS) is 10.3. The van der Waals surface area contributed by atoms with Gasteiger partial charge in [0.25, 0.3) is 0 Å². The Hall–Kier alpha value is -1.60. The van der Waals surface area contributed by atoms with Crippen LogP contribution < -0.4 is 0 Å². The second-order valence-electron chi connectivity index (χ2n) is 2.71. The van der Waals surface area contributed by atoms with Gasteiger partial charge in [-0.05, 0) is 23.9 Å². The van der Waals surface area contributed by atoms with E-state index in [1.54, 1.807) is 0 Å². The molecule has 0 spiro atoms. The molecule has 0 atom stereocenters. The molecule has 0 saturated heterocycles. The van der Waals surface area contributed by atoms with Crippen LogP contribution in [0.4, 0.5) is 0 Å². The SMILES string of the molecule is O=C(O)c1cc(Cl)nc(Sc2ncn[nH]2)c1. The van der Waals surface area contributed by atoms with E-state index in [0.717, 1.165) is 11.8 Å². The van der Waals surface area contributed by atoms with E-state index in [1.807, 2.05) is 0 Å². The van der Waals surface area contributed by atoms with Crippen molar-refractivity contribution in [3.63, 3.8) is 0 Å². The van der Waals surface area contributed by atoms with Gasteiger partial charge in [0, 0.05) is 0 Å². The first kappa shape index (κ1) is 10.9. The third-order valence-electron chi connectivity index (χ3n) is 1.61. The van der Waals surface area contributed by atoms with Gasteiger partial charge in [0.2, 0.25) is 0 Å². The number of rotatable bonds is 3.